The molecule has 10 heteroatoms. The number of fused-ring (bicyclic) bond motifs is 2. The molecule has 0 aliphatic carbocycles. The molecule has 0 spiro atoms. The van der Waals surface area contributed by atoms with Crippen molar-refractivity contribution in [1.82, 2.24) is 9.80 Å². The van der Waals surface area contributed by atoms with Gasteiger partial charge >= 0.3 is 11.9 Å². The molecule has 0 radical (unpaired) electrons. The average Bonchev–Trinajstić information content (AvgIpc) is 3.24. The molecule has 10 nitrogen and oxygen atoms in total. The molecule has 0 fully saturated rings. The molecule has 2 heterocycles. The van der Waals surface area contributed by atoms with E-state index in [2.05, 4.69) is 86.0 Å². The van der Waals surface area contributed by atoms with Crippen molar-refractivity contribution in [2.75, 3.05) is 67.8 Å². The van der Waals surface area contributed by atoms with E-state index < -0.39 is 11.9 Å². The quantitative estimate of drug-likeness (QED) is 0.0587. The molecule has 0 N–H and O–H groups in total. The minimum atomic E-state index is -0.577. The number of esters is 2. The minimum Gasteiger partial charge on any atom is -0.493 e. The molecule has 0 amide bonds. The Bertz CT molecular complexity index is 2200. The Hall–Kier alpha value is -5.32. The Kier molecular flexibility index (Phi) is 15.0. The number of hydrogen-bond acceptors (Lipinski definition) is 10. The maximum atomic E-state index is 12.7. The molecule has 2 atom stereocenters. The zero-order valence-electron chi connectivity index (χ0n) is 36.9. The third-order valence-electron chi connectivity index (χ3n) is 12.2. The van der Waals surface area contributed by atoms with Gasteiger partial charge in [0.05, 0.1) is 47.7 Å². The first kappa shape index (κ1) is 44.2. The summed E-state index contributed by atoms with van der Waals surface area (Å²) >= 11 is 0. The third kappa shape index (κ3) is 10.3. The van der Waals surface area contributed by atoms with Crippen molar-refractivity contribution >= 4 is 11.9 Å². The van der Waals surface area contributed by atoms with Crippen LogP contribution < -0.4 is 18.9 Å². The Morgan fingerprint density at radius 3 is 1.82 bits per heavy atom. The van der Waals surface area contributed by atoms with Gasteiger partial charge in [-0.25, -0.2) is 9.59 Å². The van der Waals surface area contributed by atoms with Crippen molar-refractivity contribution in [2.24, 2.45) is 0 Å². The van der Waals surface area contributed by atoms with E-state index in [-0.39, 0.29) is 25.3 Å². The summed E-state index contributed by atoms with van der Waals surface area (Å²) in [5, 5.41) is 0. The van der Waals surface area contributed by atoms with Gasteiger partial charge in [-0.15, -0.1) is 0 Å². The summed E-state index contributed by atoms with van der Waals surface area (Å²) in [6.07, 6.45) is 6.35. The van der Waals surface area contributed by atoms with Gasteiger partial charge in [0.1, 0.15) is 0 Å². The van der Waals surface area contributed by atoms with E-state index >= 15 is 0 Å². The lowest BCUT2D eigenvalue weighted by atomic mass is 9.85. The normalized spacial score (nSPS) is 16.6. The lowest BCUT2D eigenvalue weighted by Gasteiger charge is -2.38. The number of ether oxygens (including phenoxy) is 6. The third-order valence-corrected chi connectivity index (χ3v) is 12.2. The van der Waals surface area contributed by atoms with Crippen LogP contribution in [0.25, 0.3) is 0 Å². The molecule has 4 aromatic carbocycles. The highest BCUT2D eigenvalue weighted by Crippen LogP contribution is 2.44. The highest BCUT2D eigenvalue weighted by molar-refractivity contribution is 5.91. The molecule has 320 valence electrons. The summed E-state index contributed by atoms with van der Waals surface area (Å²) < 4.78 is 33.7. The molecule has 2 aliphatic heterocycles. The van der Waals surface area contributed by atoms with E-state index in [1.807, 2.05) is 13.0 Å². The van der Waals surface area contributed by atoms with Crippen LogP contribution in [0.15, 0.2) is 66.7 Å². The van der Waals surface area contributed by atoms with Gasteiger partial charge in [0.25, 0.3) is 0 Å². The van der Waals surface area contributed by atoms with Crippen molar-refractivity contribution in [1.29, 1.82) is 0 Å². The van der Waals surface area contributed by atoms with Crippen LogP contribution in [0.3, 0.4) is 0 Å². The summed E-state index contributed by atoms with van der Waals surface area (Å²) in [5.41, 5.74) is 13.7. The molecule has 0 unspecified atom stereocenters. The Labute approximate surface area is 356 Å². The van der Waals surface area contributed by atoms with Crippen LogP contribution in [0.5, 0.6) is 23.0 Å². The first-order valence-electron chi connectivity index (χ1n) is 21.1. The number of aryl methyl sites for hydroxylation is 5. The number of benzene rings is 4. The van der Waals surface area contributed by atoms with E-state index in [4.69, 9.17) is 28.4 Å². The number of nitrogens with zero attached hydrogens (tertiary/aromatic N) is 2. The standard InChI is InChI=1S/C50H62N2O8/c1-32-12-13-37(24-33(32)2)28-43-41-27-35(4)34(3)25-38(41)16-20-51(43)18-10-22-59-47(53)14-15-48(54)60-23-11-19-52-21-17-39-29-44(55-6)45(56-7)31-42(39)49(52)40-26-36(5)50(58-9)46(30-40)57-8/h12-15,24-27,29-31,43,49H,10-11,16-23,28H2,1-9H3/b15-14-/t43-,49-/m1/s1. The number of methoxy groups -OCH3 is 4. The molecular weight excluding hydrogens is 757 g/mol. The largest absolute Gasteiger partial charge is 0.493 e. The van der Waals surface area contributed by atoms with Crippen molar-refractivity contribution in [3.05, 3.63) is 128 Å². The average molecular weight is 819 g/mol. The molecule has 0 saturated carbocycles. The van der Waals surface area contributed by atoms with Crippen molar-refractivity contribution in [2.45, 2.75) is 78.8 Å². The molecule has 4 aromatic rings. The monoisotopic (exact) mass is 818 g/mol. The highest BCUT2D eigenvalue weighted by atomic mass is 16.5. The van der Waals surface area contributed by atoms with Crippen LogP contribution in [-0.4, -0.2) is 89.6 Å². The van der Waals surface area contributed by atoms with E-state index in [0.29, 0.717) is 42.4 Å². The zero-order chi connectivity index (χ0) is 42.9. The second kappa shape index (κ2) is 20.3. The van der Waals surface area contributed by atoms with Gasteiger partial charge in [0.15, 0.2) is 23.0 Å². The molecule has 2 aliphatic rings. The Balaban J connectivity index is 1.01. The number of hydrogen-bond donors (Lipinski definition) is 0. The fourth-order valence-corrected chi connectivity index (χ4v) is 8.78. The van der Waals surface area contributed by atoms with Crippen LogP contribution in [0.1, 0.15) is 86.1 Å². The SMILES string of the molecule is COc1cc2c(cc1OC)[C@@H](c1cc(C)c(OC)c(OC)c1)N(CCCOC(=O)/C=C\C(=O)OCCCN1CCc3cc(C)c(C)cc3[C@H]1Cc1ccc(C)c(C)c1)CC2. The lowest BCUT2D eigenvalue weighted by molar-refractivity contribution is -0.140. The maximum absolute atomic E-state index is 12.7. The van der Waals surface area contributed by atoms with Gasteiger partial charge in [-0.3, -0.25) is 9.80 Å². The first-order valence-corrected chi connectivity index (χ1v) is 21.1. The zero-order valence-corrected chi connectivity index (χ0v) is 36.9. The predicted molar refractivity (Wildman–Crippen MR) is 235 cm³/mol. The fraction of sp³-hybridized carbons (Fsp3) is 0.440. The second-order valence-electron chi connectivity index (χ2n) is 16.1. The summed E-state index contributed by atoms with van der Waals surface area (Å²) in [6, 6.07) is 19.9. The van der Waals surface area contributed by atoms with Crippen LogP contribution in [0.2, 0.25) is 0 Å². The van der Waals surface area contributed by atoms with Gasteiger partial charge in [0.2, 0.25) is 0 Å². The van der Waals surface area contributed by atoms with Gasteiger partial charge in [-0.05, 0) is 146 Å². The smallest absolute Gasteiger partial charge is 0.331 e. The molecule has 6 rings (SSSR count). The second-order valence-corrected chi connectivity index (χ2v) is 16.1. The fourth-order valence-electron chi connectivity index (χ4n) is 8.78. The van der Waals surface area contributed by atoms with Crippen LogP contribution >= 0.6 is 0 Å². The van der Waals surface area contributed by atoms with E-state index in [0.717, 1.165) is 67.7 Å². The number of carbonyl (C=O) groups excluding carboxylic acids is 2. The minimum absolute atomic E-state index is 0.111. The van der Waals surface area contributed by atoms with E-state index in [1.165, 1.54) is 44.5 Å². The summed E-state index contributed by atoms with van der Waals surface area (Å²) in [7, 11) is 6.57. The predicted octanol–water partition coefficient (Wildman–Crippen LogP) is 8.48. The van der Waals surface area contributed by atoms with Crippen LogP contribution in [0.4, 0.5) is 0 Å². The van der Waals surface area contributed by atoms with Crippen LogP contribution in [0, 0.1) is 34.6 Å². The molecule has 0 bridgehead atoms. The Morgan fingerprint density at radius 2 is 1.18 bits per heavy atom. The van der Waals surface area contributed by atoms with Crippen molar-refractivity contribution in [3.63, 3.8) is 0 Å². The highest BCUT2D eigenvalue weighted by Gasteiger charge is 2.32. The maximum Gasteiger partial charge on any atom is 0.331 e. The topological polar surface area (TPSA) is 96.0 Å². The van der Waals surface area contributed by atoms with Gasteiger partial charge in [-0.2, -0.15) is 0 Å². The first-order chi connectivity index (χ1) is 28.9. The van der Waals surface area contributed by atoms with Crippen molar-refractivity contribution in [3.8, 4) is 23.0 Å². The summed E-state index contributed by atoms with van der Waals surface area (Å²) in [4.78, 5) is 30.2. The van der Waals surface area contributed by atoms with Gasteiger partial charge < -0.3 is 28.4 Å². The lowest BCUT2D eigenvalue weighted by Crippen LogP contribution is -2.38. The van der Waals surface area contributed by atoms with E-state index in [1.54, 1.807) is 28.4 Å². The number of rotatable bonds is 17. The van der Waals surface area contributed by atoms with Gasteiger partial charge in [0, 0.05) is 44.4 Å². The van der Waals surface area contributed by atoms with E-state index in [9.17, 15) is 9.59 Å². The van der Waals surface area contributed by atoms with Gasteiger partial charge in [-0.1, -0.05) is 36.4 Å². The van der Waals surface area contributed by atoms with Crippen LogP contribution in [-0.2, 0) is 38.3 Å². The molecule has 0 aromatic heterocycles. The summed E-state index contributed by atoms with van der Waals surface area (Å²) in [6.45, 7) is 14.4. The Morgan fingerprint density at radius 1 is 0.600 bits per heavy atom. The summed E-state index contributed by atoms with van der Waals surface area (Å²) in [5.74, 6) is 1.59. The number of carbonyl (C=O) groups is 2. The molecule has 0 saturated heterocycles. The molecule has 60 heavy (non-hydrogen) atoms. The van der Waals surface area contributed by atoms with Crippen molar-refractivity contribution < 1.29 is 38.0 Å². The molecular formula is C50H62N2O8.